The van der Waals surface area contributed by atoms with Crippen LogP contribution in [0, 0.1) is 0 Å². The molecule has 0 bridgehead atoms. The van der Waals surface area contributed by atoms with Crippen LogP contribution in [0.2, 0.25) is 0 Å². The van der Waals surface area contributed by atoms with E-state index in [-0.39, 0.29) is 5.56 Å². The van der Waals surface area contributed by atoms with E-state index in [0.717, 1.165) is 15.6 Å². The topological polar surface area (TPSA) is 83.0 Å². The van der Waals surface area contributed by atoms with Gasteiger partial charge < -0.3 is 5.11 Å². The number of aromatic nitrogens is 2. The number of thiophene rings is 1. The SMILES string of the molecule is O=C(O)c1cc(-c2csc3ccccc23)n[nH]c1=O. The normalized spacial score (nSPS) is 10.7. The van der Waals surface area contributed by atoms with Gasteiger partial charge in [0.2, 0.25) is 0 Å². The second kappa shape index (κ2) is 4.33. The third-order valence-corrected chi connectivity index (χ3v) is 3.75. The molecule has 6 heteroatoms. The summed E-state index contributed by atoms with van der Waals surface area (Å²) in [5, 5.41) is 18.0. The summed E-state index contributed by atoms with van der Waals surface area (Å²) < 4.78 is 1.09. The number of H-pyrrole nitrogens is 1. The number of aromatic amines is 1. The minimum atomic E-state index is -1.26. The van der Waals surface area contributed by atoms with E-state index >= 15 is 0 Å². The fraction of sp³-hybridized carbons (Fsp3) is 0. The molecule has 0 atom stereocenters. The Morgan fingerprint density at radius 1 is 1.32 bits per heavy atom. The van der Waals surface area contributed by atoms with Crippen LogP contribution >= 0.6 is 11.3 Å². The molecule has 0 aliphatic carbocycles. The molecule has 0 spiro atoms. The van der Waals surface area contributed by atoms with Gasteiger partial charge in [-0.2, -0.15) is 5.10 Å². The lowest BCUT2D eigenvalue weighted by Gasteiger charge is -2.00. The molecule has 2 N–H and O–H groups in total. The molecule has 0 unspecified atom stereocenters. The predicted octanol–water partition coefficient (Wildman–Crippen LogP) is 2.35. The first-order valence-corrected chi connectivity index (χ1v) is 6.34. The number of benzene rings is 1. The minimum absolute atomic E-state index is 0.305. The fourth-order valence-corrected chi connectivity index (χ4v) is 2.83. The van der Waals surface area contributed by atoms with Crippen molar-refractivity contribution < 1.29 is 9.90 Å². The van der Waals surface area contributed by atoms with E-state index in [4.69, 9.17) is 5.11 Å². The molecule has 0 aliphatic rings. The molecule has 0 saturated heterocycles. The van der Waals surface area contributed by atoms with E-state index in [1.807, 2.05) is 29.6 Å². The largest absolute Gasteiger partial charge is 0.477 e. The number of carboxylic acids is 1. The van der Waals surface area contributed by atoms with E-state index in [9.17, 15) is 9.59 Å². The lowest BCUT2D eigenvalue weighted by atomic mass is 10.1. The van der Waals surface area contributed by atoms with Gasteiger partial charge in [0.05, 0.1) is 5.69 Å². The van der Waals surface area contributed by atoms with Crippen LogP contribution in [0.5, 0.6) is 0 Å². The first kappa shape index (κ1) is 11.6. The van der Waals surface area contributed by atoms with Gasteiger partial charge in [-0.3, -0.25) is 4.79 Å². The number of carboxylic acid groups (broad SMARTS) is 1. The van der Waals surface area contributed by atoms with Crippen molar-refractivity contribution in [3.63, 3.8) is 0 Å². The molecule has 2 aromatic heterocycles. The van der Waals surface area contributed by atoms with Crippen molar-refractivity contribution in [1.29, 1.82) is 0 Å². The first-order chi connectivity index (χ1) is 9.16. The number of carbonyl (C=O) groups is 1. The van der Waals surface area contributed by atoms with Gasteiger partial charge in [-0.1, -0.05) is 18.2 Å². The van der Waals surface area contributed by atoms with Crippen LogP contribution in [-0.2, 0) is 0 Å². The molecular formula is C13H8N2O3S. The standard InChI is InChI=1S/C13H8N2O3S/c16-12-8(13(17)18)5-10(14-15-12)9-6-19-11-4-2-1-3-7(9)11/h1-6H,(H,15,16)(H,17,18). The molecule has 5 nitrogen and oxygen atoms in total. The van der Waals surface area contributed by atoms with Crippen LogP contribution < -0.4 is 5.56 Å². The van der Waals surface area contributed by atoms with E-state index in [2.05, 4.69) is 10.2 Å². The van der Waals surface area contributed by atoms with Gasteiger partial charge in [0.25, 0.3) is 5.56 Å². The zero-order valence-corrected chi connectivity index (χ0v) is 10.4. The van der Waals surface area contributed by atoms with Gasteiger partial charge >= 0.3 is 5.97 Å². The highest BCUT2D eigenvalue weighted by molar-refractivity contribution is 7.17. The summed E-state index contributed by atoms with van der Waals surface area (Å²) in [5.74, 6) is -1.26. The van der Waals surface area contributed by atoms with Crippen molar-refractivity contribution in [2.75, 3.05) is 0 Å². The number of hydrogen-bond donors (Lipinski definition) is 2. The maximum absolute atomic E-state index is 11.3. The van der Waals surface area contributed by atoms with Crippen molar-refractivity contribution >= 4 is 27.4 Å². The van der Waals surface area contributed by atoms with Crippen molar-refractivity contribution in [2.24, 2.45) is 0 Å². The summed E-state index contributed by atoms with van der Waals surface area (Å²) in [6, 6.07) is 9.06. The van der Waals surface area contributed by atoms with Gasteiger partial charge in [0.1, 0.15) is 5.56 Å². The van der Waals surface area contributed by atoms with E-state index in [0.29, 0.717) is 5.69 Å². The highest BCUT2D eigenvalue weighted by atomic mass is 32.1. The molecule has 3 aromatic rings. The van der Waals surface area contributed by atoms with E-state index in [1.54, 1.807) is 11.3 Å². The molecule has 0 aliphatic heterocycles. The number of fused-ring (bicyclic) bond motifs is 1. The zero-order valence-electron chi connectivity index (χ0n) is 9.58. The highest BCUT2D eigenvalue weighted by Gasteiger charge is 2.13. The van der Waals surface area contributed by atoms with E-state index < -0.39 is 11.5 Å². The van der Waals surface area contributed by atoms with Crippen LogP contribution in [-0.4, -0.2) is 21.3 Å². The Morgan fingerprint density at radius 3 is 2.89 bits per heavy atom. The summed E-state index contributed by atoms with van der Waals surface area (Å²) in [5.41, 5.74) is 0.268. The van der Waals surface area contributed by atoms with Crippen LogP contribution in [0.3, 0.4) is 0 Å². The maximum Gasteiger partial charge on any atom is 0.341 e. The third kappa shape index (κ3) is 1.92. The summed E-state index contributed by atoms with van der Waals surface area (Å²) >= 11 is 1.55. The Balaban J connectivity index is 2.25. The molecule has 3 rings (SSSR count). The van der Waals surface area contributed by atoms with Crippen molar-refractivity contribution in [3.05, 3.63) is 51.6 Å². The average Bonchev–Trinajstić information content (AvgIpc) is 2.83. The van der Waals surface area contributed by atoms with Crippen molar-refractivity contribution in [3.8, 4) is 11.3 Å². The molecule has 94 valence electrons. The number of aromatic carboxylic acids is 1. The molecule has 0 saturated carbocycles. The summed E-state index contributed by atoms with van der Waals surface area (Å²) in [4.78, 5) is 22.3. The lowest BCUT2D eigenvalue weighted by molar-refractivity contribution is 0.0694. The first-order valence-electron chi connectivity index (χ1n) is 5.46. The summed E-state index contributed by atoms with van der Waals surface area (Å²) in [6.07, 6.45) is 0. The lowest BCUT2D eigenvalue weighted by Crippen LogP contribution is -2.18. The number of rotatable bonds is 2. The average molecular weight is 272 g/mol. The van der Waals surface area contributed by atoms with Gasteiger partial charge in [0.15, 0.2) is 0 Å². The second-order valence-corrected chi connectivity index (χ2v) is 4.86. The number of nitrogens with zero attached hydrogens (tertiary/aromatic N) is 1. The monoisotopic (exact) mass is 272 g/mol. The van der Waals surface area contributed by atoms with Crippen molar-refractivity contribution in [2.45, 2.75) is 0 Å². The summed E-state index contributed by atoms with van der Waals surface area (Å²) in [7, 11) is 0. The molecular weight excluding hydrogens is 264 g/mol. The third-order valence-electron chi connectivity index (χ3n) is 2.79. The smallest absolute Gasteiger partial charge is 0.341 e. The Kier molecular flexibility index (Phi) is 2.64. The molecule has 0 amide bonds. The Hall–Kier alpha value is -2.47. The molecule has 2 heterocycles. The Bertz CT molecular complexity index is 835. The molecule has 0 radical (unpaired) electrons. The number of nitrogens with one attached hydrogen (secondary N) is 1. The fourth-order valence-electron chi connectivity index (χ4n) is 1.88. The van der Waals surface area contributed by atoms with Crippen molar-refractivity contribution in [1.82, 2.24) is 10.2 Å². The van der Waals surface area contributed by atoms with Crippen LogP contribution in [0.4, 0.5) is 0 Å². The number of hydrogen-bond acceptors (Lipinski definition) is 4. The van der Waals surface area contributed by atoms with Crippen LogP contribution in [0.1, 0.15) is 10.4 Å². The Labute approximate surface area is 111 Å². The maximum atomic E-state index is 11.3. The quantitative estimate of drug-likeness (QED) is 0.750. The van der Waals surface area contributed by atoms with Crippen LogP contribution in [0.25, 0.3) is 21.3 Å². The second-order valence-electron chi connectivity index (χ2n) is 3.95. The zero-order chi connectivity index (χ0) is 13.4. The minimum Gasteiger partial charge on any atom is -0.477 e. The molecule has 19 heavy (non-hydrogen) atoms. The Morgan fingerprint density at radius 2 is 2.11 bits per heavy atom. The van der Waals surface area contributed by atoms with Crippen LogP contribution in [0.15, 0.2) is 40.5 Å². The van der Waals surface area contributed by atoms with Gasteiger partial charge in [-0.05, 0) is 12.1 Å². The summed E-state index contributed by atoms with van der Waals surface area (Å²) in [6.45, 7) is 0. The van der Waals surface area contributed by atoms with Gasteiger partial charge in [-0.25, -0.2) is 9.89 Å². The van der Waals surface area contributed by atoms with Gasteiger partial charge in [0, 0.05) is 21.0 Å². The van der Waals surface area contributed by atoms with Gasteiger partial charge in [-0.15, -0.1) is 11.3 Å². The molecule has 1 aromatic carbocycles. The highest BCUT2D eigenvalue weighted by Crippen LogP contribution is 2.32. The molecule has 0 fully saturated rings. The van der Waals surface area contributed by atoms with E-state index in [1.165, 1.54) is 6.07 Å². The predicted molar refractivity (Wildman–Crippen MR) is 72.6 cm³/mol.